The van der Waals surface area contributed by atoms with Crippen LogP contribution in [-0.2, 0) is 6.42 Å². The van der Waals surface area contributed by atoms with E-state index in [4.69, 9.17) is 5.11 Å². The topological polar surface area (TPSA) is 49.3 Å². The summed E-state index contributed by atoms with van der Waals surface area (Å²) in [6.07, 6.45) is -5.79. The molecule has 3 nitrogen and oxygen atoms in total. The third-order valence-electron chi connectivity index (χ3n) is 2.47. The lowest BCUT2D eigenvalue weighted by atomic mass is 10.1. The van der Waals surface area contributed by atoms with Crippen LogP contribution in [0.1, 0.15) is 29.3 Å². The Morgan fingerprint density at radius 2 is 1.89 bits per heavy atom. The molecule has 0 radical (unpaired) electrons. The van der Waals surface area contributed by atoms with E-state index < -0.39 is 18.7 Å². The van der Waals surface area contributed by atoms with Gasteiger partial charge in [0.05, 0.1) is 6.10 Å². The summed E-state index contributed by atoms with van der Waals surface area (Å²) in [5.41, 5.74) is 0.890. The number of carbonyl (C=O) groups is 1. The average molecular weight is 275 g/mol. The first kappa shape index (κ1) is 15.5. The van der Waals surface area contributed by atoms with Gasteiger partial charge in [-0.15, -0.1) is 0 Å². The number of hydrogen-bond acceptors (Lipinski definition) is 2. The fraction of sp³-hybridized carbons (Fsp3) is 0.462. The molecule has 0 spiro atoms. The van der Waals surface area contributed by atoms with Crippen LogP contribution < -0.4 is 5.32 Å². The minimum absolute atomic E-state index is 0.0981. The Labute approximate surface area is 109 Å². The van der Waals surface area contributed by atoms with Crippen molar-refractivity contribution in [1.29, 1.82) is 0 Å². The monoisotopic (exact) mass is 275 g/mol. The van der Waals surface area contributed by atoms with Crippen molar-refractivity contribution in [1.82, 2.24) is 5.32 Å². The zero-order valence-corrected chi connectivity index (χ0v) is 10.5. The first-order valence-corrected chi connectivity index (χ1v) is 5.90. The van der Waals surface area contributed by atoms with Crippen LogP contribution in [0.5, 0.6) is 0 Å². The molecule has 0 aromatic heterocycles. The smallest absolute Gasteiger partial charge is 0.389 e. The summed E-state index contributed by atoms with van der Waals surface area (Å²) >= 11 is 0. The van der Waals surface area contributed by atoms with Gasteiger partial charge in [-0.25, -0.2) is 0 Å². The lowest BCUT2D eigenvalue weighted by Crippen LogP contribution is -2.30. The Morgan fingerprint density at radius 1 is 1.32 bits per heavy atom. The molecule has 1 rings (SSSR count). The van der Waals surface area contributed by atoms with Crippen LogP contribution in [0.25, 0.3) is 0 Å². The summed E-state index contributed by atoms with van der Waals surface area (Å²) in [6.45, 7) is 1.68. The summed E-state index contributed by atoms with van der Waals surface area (Å²) in [5, 5.41) is 11.5. The second-order valence-corrected chi connectivity index (χ2v) is 4.37. The van der Waals surface area contributed by atoms with E-state index >= 15 is 0 Å². The number of aryl methyl sites for hydroxylation is 1. The molecular weight excluding hydrogens is 259 g/mol. The van der Waals surface area contributed by atoms with Crippen molar-refractivity contribution in [2.24, 2.45) is 0 Å². The van der Waals surface area contributed by atoms with Gasteiger partial charge in [0.15, 0.2) is 0 Å². The Bertz CT molecular complexity index is 413. The number of amides is 1. The van der Waals surface area contributed by atoms with Crippen LogP contribution in [0, 0.1) is 0 Å². The lowest BCUT2D eigenvalue weighted by molar-refractivity contribution is -0.134. The van der Waals surface area contributed by atoms with E-state index in [1.807, 2.05) is 0 Å². The maximum absolute atomic E-state index is 12.0. The van der Waals surface area contributed by atoms with E-state index in [0.29, 0.717) is 11.1 Å². The highest BCUT2D eigenvalue weighted by Gasteiger charge is 2.26. The van der Waals surface area contributed by atoms with Crippen molar-refractivity contribution in [2.45, 2.75) is 32.0 Å². The number of nitrogens with one attached hydrogen (secondary N) is 1. The van der Waals surface area contributed by atoms with Gasteiger partial charge < -0.3 is 10.4 Å². The summed E-state index contributed by atoms with van der Waals surface area (Å²) in [5.74, 6) is -0.358. The number of hydrogen-bond donors (Lipinski definition) is 2. The molecule has 6 heteroatoms. The van der Waals surface area contributed by atoms with Gasteiger partial charge in [0.25, 0.3) is 5.91 Å². The molecule has 0 heterocycles. The summed E-state index contributed by atoms with van der Waals surface area (Å²) in [7, 11) is 0. The first-order chi connectivity index (χ1) is 8.78. The predicted octanol–water partition coefficient (Wildman–Crippen LogP) is 2.29. The summed E-state index contributed by atoms with van der Waals surface area (Å²) in [4.78, 5) is 11.6. The van der Waals surface area contributed by atoms with Crippen molar-refractivity contribution in [3.8, 4) is 0 Å². The molecule has 19 heavy (non-hydrogen) atoms. The van der Waals surface area contributed by atoms with Crippen LogP contribution in [0.3, 0.4) is 0 Å². The van der Waals surface area contributed by atoms with Gasteiger partial charge in [-0.1, -0.05) is 12.1 Å². The Morgan fingerprint density at radius 3 is 2.37 bits per heavy atom. The van der Waals surface area contributed by atoms with Crippen molar-refractivity contribution >= 4 is 5.91 Å². The van der Waals surface area contributed by atoms with E-state index in [1.165, 1.54) is 24.3 Å². The van der Waals surface area contributed by atoms with Crippen LogP contribution in [0.4, 0.5) is 13.2 Å². The molecular formula is C13H16F3NO2. The van der Waals surface area contributed by atoms with E-state index in [-0.39, 0.29) is 18.9 Å². The molecule has 1 atom stereocenters. The molecule has 0 aliphatic carbocycles. The van der Waals surface area contributed by atoms with E-state index in [0.717, 1.165) is 0 Å². The lowest BCUT2D eigenvalue weighted by Gasteiger charge is -2.08. The van der Waals surface area contributed by atoms with Gasteiger partial charge in [-0.05, 0) is 31.0 Å². The fourth-order valence-electron chi connectivity index (χ4n) is 1.45. The SMILES string of the molecule is CC(O)CNC(=O)c1ccc(CCC(F)(F)F)cc1. The zero-order valence-electron chi connectivity index (χ0n) is 10.5. The minimum Gasteiger partial charge on any atom is -0.392 e. The zero-order chi connectivity index (χ0) is 14.5. The Balaban J connectivity index is 2.54. The van der Waals surface area contributed by atoms with Crippen LogP contribution in [-0.4, -0.2) is 29.8 Å². The molecule has 0 aliphatic rings. The van der Waals surface area contributed by atoms with E-state index in [2.05, 4.69) is 5.32 Å². The molecule has 2 N–H and O–H groups in total. The maximum atomic E-state index is 12.0. The fourth-order valence-corrected chi connectivity index (χ4v) is 1.45. The molecule has 0 saturated heterocycles. The number of alkyl halides is 3. The molecule has 0 bridgehead atoms. The van der Waals surface area contributed by atoms with Crippen molar-refractivity contribution < 1.29 is 23.1 Å². The third kappa shape index (κ3) is 6.24. The van der Waals surface area contributed by atoms with Gasteiger partial charge in [0.2, 0.25) is 0 Å². The van der Waals surface area contributed by atoms with E-state index in [9.17, 15) is 18.0 Å². The quantitative estimate of drug-likeness (QED) is 0.866. The van der Waals surface area contributed by atoms with E-state index in [1.54, 1.807) is 6.92 Å². The molecule has 0 saturated carbocycles. The number of halogens is 3. The Kier molecular flexibility index (Phi) is 5.35. The molecule has 0 aliphatic heterocycles. The van der Waals surface area contributed by atoms with Crippen molar-refractivity contribution in [3.05, 3.63) is 35.4 Å². The maximum Gasteiger partial charge on any atom is 0.389 e. The highest BCUT2D eigenvalue weighted by atomic mass is 19.4. The molecule has 1 amide bonds. The standard InChI is InChI=1S/C13H16F3NO2/c1-9(18)8-17-12(19)11-4-2-10(3-5-11)6-7-13(14,15)16/h2-5,9,18H,6-8H2,1H3,(H,17,19). The first-order valence-electron chi connectivity index (χ1n) is 5.90. The number of carbonyl (C=O) groups excluding carboxylic acids is 1. The number of rotatable bonds is 5. The highest BCUT2D eigenvalue weighted by Crippen LogP contribution is 2.22. The second-order valence-electron chi connectivity index (χ2n) is 4.37. The molecule has 1 aromatic rings. The van der Waals surface area contributed by atoms with Gasteiger partial charge >= 0.3 is 6.18 Å². The Hall–Kier alpha value is -1.56. The van der Waals surface area contributed by atoms with Crippen molar-refractivity contribution in [2.75, 3.05) is 6.54 Å². The molecule has 1 aromatic carbocycles. The van der Waals surface area contributed by atoms with Gasteiger partial charge in [-0.3, -0.25) is 4.79 Å². The largest absolute Gasteiger partial charge is 0.392 e. The highest BCUT2D eigenvalue weighted by molar-refractivity contribution is 5.94. The summed E-state index contributed by atoms with van der Waals surface area (Å²) < 4.78 is 36.1. The van der Waals surface area contributed by atoms with Crippen LogP contribution in [0.15, 0.2) is 24.3 Å². The number of benzene rings is 1. The van der Waals surface area contributed by atoms with Gasteiger partial charge in [0.1, 0.15) is 0 Å². The number of aliphatic hydroxyl groups excluding tert-OH is 1. The third-order valence-corrected chi connectivity index (χ3v) is 2.47. The molecule has 1 unspecified atom stereocenters. The molecule has 106 valence electrons. The minimum atomic E-state index is -4.17. The summed E-state index contributed by atoms with van der Waals surface area (Å²) in [6, 6.07) is 5.96. The predicted molar refractivity (Wildman–Crippen MR) is 64.8 cm³/mol. The van der Waals surface area contributed by atoms with Crippen LogP contribution in [0.2, 0.25) is 0 Å². The van der Waals surface area contributed by atoms with Crippen LogP contribution >= 0.6 is 0 Å². The average Bonchev–Trinajstić information content (AvgIpc) is 2.33. The molecule has 0 fully saturated rings. The normalized spacial score (nSPS) is 13.1. The van der Waals surface area contributed by atoms with Gasteiger partial charge in [-0.2, -0.15) is 13.2 Å². The second kappa shape index (κ2) is 6.56. The van der Waals surface area contributed by atoms with Gasteiger partial charge in [0, 0.05) is 18.5 Å². The number of aliphatic hydroxyl groups is 1. The van der Waals surface area contributed by atoms with Crippen molar-refractivity contribution in [3.63, 3.8) is 0 Å².